The molecule has 7 heteroatoms. The number of nitrogens with one attached hydrogen (secondary N) is 1. The molecule has 0 aromatic heterocycles. The van der Waals surface area contributed by atoms with Crippen LogP contribution in [-0.4, -0.2) is 43.0 Å². The van der Waals surface area contributed by atoms with Crippen molar-refractivity contribution in [1.82, 2.24) is 4.90 Å². The van der Waals surface area contributed by atoms with Crippen molar-refractivity contribution < 1.29 is 13.2 Å². The molecule has 1 N–H and O–H groups in total. The van der Waals surface area contributed by atoms with Gasteiger partial charge in [-0.05, 0) is 55.0 Å². The molecule has 0 bridgehead atoms. The van der Waals surface area contributed by atoms with Crippen LogP contribution in [0.3, 0.4) is 0 Å². The summed E-state index contributed by atoms with van der Waals surface area (Å²) >= 11 is 5.40. The van der Waals surface area contributed by atoms with Crippen LogP contribution in [-0.2, 0) is 9.84 Å². The second-order valence-corrected chi connectivity index (χ2v) is 8.65. The lowest BCUT2D eigenvalue weighted by molar-refractivity contribution is 0.402. The summed E-state index contributed by atoms with van der Waals surface area (Å²) in [7, 11) is -1.10. The van der Waals surface area contributed by atoms with Crippen LogP contribution in [0.25, 0.3) is 0 Å². The largest absolute Gasteiger partial charge is 0.457 e. The van der Waals surface area contributed by atoms with E-state index in [2.05, 4.69) is 5.32 Å². The fourth-order valence-corrected chi connectivity index (χ4v) is 4.73. The van der Waals surface area contributed by atoms with E-state index >= 15 is 0 Å². The number of nitrogens with zero attached hydrogens (tertiary/aromatic N) is 1. The lowest BCUT2D eigenvalue weighted by atomic mass is 10.2. The molecule has 0 saturated carbocycles. The Kier molecular flexibility index (Phi) is 5.24. The topological polar surface area (TPSA) is 58.6 Å². The number of ether oxygens (including phenoxy) is 1. The summed E-state index contributed by atoms with van der Waals surface area (Å²) in [5.74, 6) is 1.91. The predicted molar refractivity (Wildman–Crippen MR) is 104 cm³/mol. The maximum atomic E-state index is 11.6. The van der Waals surface area contributed by atoms with Crippen molar-refractivity contribution in [2.24, 2.45) is 0 Å². The Morgan fingerprint density at radius 2 is 1.76 bits per heavy atom. The first-order valence-corrected chi connectivity index (χ1v) is 10.2. The van der Waals surface area contributed by atoms with E-state index in [1.807, 2.05) is 66.5 Å². The molecule has 1 aliphatic heterocycles. The van der Waals surface area contributed by atoms with Gasteiger partial charge >= 0.3 is 0 Å². The Morgan fingerprint density at radius 3 is 2.36 bits per heavy atom. The van der Waals surface area contributed by atoms with E-state index in [1.165, 1.54) is 0 Å². The average Bonchev–Trinajstić information content (AvgIpc) is 2.97. The second-order valence-electron chi connectivity index (χ2n) is 6.04. The van der Waals surface area contributed by atoms with Crippen LogP contribution >= 0.6 is 12.2 Å². The lowest BCUT2D eigenvalue weighted by Crippen LogP contribution is -2.40. The smallest absolute Gasteiger partial charge is 0.173 e. The first-order valence-electron chi connectivity index (χ1n) is 8.00. The summed E-state index contributed by atoms with van der Waals surface area (Å²) in [6.45, 7) is 0. The summed E-state index contributed by atoms with van der Waals surface area (Å²) in [5.41, 5.74) is 0.832. The fourth-order valence-electron chi connectivity index (χ4n) is 2.69. The Hall–Kier alpha value is -2.12. The van der Waals surface area contributed by atoms with E-state index in [0.29, 0.717) is 11.5 Å². The zero-order valence-electron chi connectivity index (χ0n) is 13.9. The third-order valence-electron chi connectivity index (χ3n) is 4.16. The Balaban J connectivity index is 1.58. The number of sulfone groups is 1. The van der Waals surface area contributed by atoms with E-state index in [4.69, 9.17) is 17.0 Å². The maximum Gasteiger partial charge on any atom is 0.173 e. The SMILES string of the molecule is CN(C(=S)Nc1ccc(Oc2ccccc2)cc1)C1CCS(=O)(=O)C1. The molecule has 1 unspecified atom stereocenters. The molecule has 1 heterocycles. The molecule has 132 valence electrons. The summed E-state index contributed by atoms with van der Waals surface area (Å²) in [6, 6.07) is 17.0. The van der Waals surface area contributed by atoms with Crippen LogP contribution in [0.5, 0.6) is 11.5 Å². The van der Waals surface area contributed by atoms with Crippen molar-refractivity contribution in [3.8, 4) is 11.5 Å². The number of hydrogen-bond acceptors (Lipinski definition) is 4. The first kappa shape index (κ1) is 17.7. The minimum atomic E-state index is -2.93. The van der Waals surface area contributed by atoms with Gasteiger partial charge < -0.3 is 15.0 Å². The van der Waals surface area contributed by atoms with Crippen LogP contribution in [0.1, 0.15) is 6.42 Å². The summed E-state index contributed by atoms with van der Waals surface area (Å²) in [6.07, 6.45) is 0.616. The average molecular weight is 377 g/mol. The molecule has 1 atom stereocenters. The van der Waals surface area contributed by atoms with E-state index < -0.39 is 9.84 Å². The van der Waals surface area contributed by atoms with Gasteiger partial charge in [-0.2, -0.15) is 0 Å². The monoisotopic (exact) mass is 376 g/mol. The van der Waals surface area contributed by atoms with Crippen molar-refractivity contribution in [1.29, 1.82) is 0 Å². The van der Waals surface area contributed by atoms with E-state index in [1.54, 1.807) is 0 Å². The van der Waals surface area contributed by atoms with Crippen molar-refractivity contribution >= 4 is 32.9 Å². The molecule has 1 fully saturated rings. The van der Waals surface area contributed by atoms with Gasteiger partial charge in [0.1, 0.15) is 11.5 Å². The molecule has 5 nitrogen and oxygen atoms in total. The van der Waals surface area contributed by atoms with Gasteiger partial charge in [-0.3, -0.25) is 0 Å². The molecule has 25 heavy (non-hydrogen) atoms. The van der Waals surface area contributed by atoms with E-state index in [9.17, 15) is 8.42 Å². The van der Waals surface area contributed by atoms with Crippen molar-refractivity contribution in [3.05, 3.63) is 54.6 Å². The van der Waals surface area contributed by atoms with Crippen LogP contribution in [0.15, 0.2) is 54.6 Å². The summed E-state index contributed by atoms with van der Waals surface area (Å²) in [5, 5.41) is 3.66. The molecule has 1 saturated heterocycles. The standard InChI is InChI=1S/C18H20N2O3S2/c1-20(15-11-12-25(21,22)13-15)18(24)19-14-7-9-17(10-8-14)23-16-5-3-2-4-6-16/h2-10,15H,11-13H2,1H3,(H,19,24). The van der Waals surface area contributed by atoms with Gasteiger partial charge in [0, 0.05) is 18.8 Å². The number of anilines is 1. The summed E-state index contributed by atoms with van der Waals surface area (Å²) < 4.78 is 29.0. The second kappa shape index (κ2) is 7.41. The molecule has 0 radical (unpaired) electrons. The minimum Gasteiger partial charge on any atom is -0.457 e. The number of hydrogen-bond donors (Lipinski definition) is 1. The first-order chi connectivity index (χ1) is 11.9. The normalized spacial score (nSPS) is 18.5. The zero-order valence-corrected chi connectivity index (χ0v) is 15.5. The van der Waals surface area contributed by atoms with Crippen molar-refractivity contribution in [2.45, 2.75) is 12.5 Å². The zero-order chi connectivity index (χ0) is 17.9. The molecular formula is C18H20N2O3S2. The Labute approximate surface area is 153 Å². The van der Waals surface area contributed by atoms with Crippen molar-refractivity contribution in [2.75, 3.05) is 23.9 Å². The van der Waals surface area contributed by atoms with Gasteiger partial charge in [0.15, 0.2) is 14.9 Å². The molecule has 0 amide bonds. The Morgan fingerprint density at radius 1 is 1.12 bits per heavy atom. The number of para-hydroxylation sites is 1. The number of rotatable bonds is 4. The highest BCUT2D eigenvalue weighted by molar-refractivity contribution is 7.91. The van der Waals surface area contributed by atoms with Gasteiger partial charge in [0.05, 0.1) is 11.5 Å². The van der Waals surface area contributed by atoms with Crippen LogP contribution < -0.4 is 10.1 Å². The minimum absolute atomic E-state index is 0.0642. The third kappa shape index (κ3) is 4.70. The van der Waals surface area contributed by atoms with E-state index in [-0.39, 0.29) is 17.5 Å². The van der Waals surface area contributed by atoms with Gasteiger partial charge in [0.25, 0.3) is 0 Å². The molecule has 0 spiro atoms. The predicted octanol–water partition coefficient (Wildman–Crippen LogP) is 3.29. The van der Waals surface area contributed by atoms with Gasteiger partial charge in [-0.25, -0.2) is 8.42 Å². The fraction of sp³-hybridized carbons (Fsp3) is 0.278. The van der Waals surface area contributed by atoms with Crippen LogP contribution in [0.2, 0.25) is 0 Å². The number of thiocarbonyl (C=S) groups is 1. The highest BCUT2D eigenvalue weighted by Crippen LogP contribution is 2.23. The van der Waals surface area contributed by atoms with Crippen LogP contribution in [0.4, 0.5) is 5.69 Å². The van der Waals surface area contributed by atoms with Gasteiger partial charge in [0.2, 0.25) is 0 Å². The Bertz CT molecular complexity index is 836. The third-order valence-corrected chi connectivity index (χ3v) is 6.30. The highest BCUT2D eigenvalue weighted by atomic mass is 32.2. The highest BCUT2D eigenvalue weighted by Gasteiger charge is 2.31. The van der Waals surface area contributed by atoms with Crippen molar-refractivity contribution in [3.63, 3.8) is 0 Å². The molecule has 2 aromatic carbocycles. The maximum absolute atomic E-state index is 11.6. The van der Waals surface area contributed by atoms with E-state index in [0.717, 1.165) is 17.2 Å². The number of benzene rings is 2. The molecule has 0 aliphatic carbocycles. The summed E-state index contributed by atoms with van der Waals surface area (Å²) in [4.78, 5) is 1.83. The quantitative estimate of drug-likeness (QED) is 0.827. The molecule has 2 aromatic rings. The lowest BCUT2D eigenvalue weighted by Gasteiger charge is -2.26. The molecule has 3 rings (SSSR count). The van der Waals surface area contributed by atoms with Gasteiger partial charge in [-0.1, -0.05) is 18.2 Å². The van der Waals surface area contributed by atoms with Gasteiger partial charge in [-0.15, -0.1) is 0 Å². The molecular weight excluding hydrogens is 356 g/mol. The van der Waals surface area contributed by atoms with Crippen LogP contribution in [0, 0.1) is 0 Å². The molecule has 1 aliphatic rings.